The number of rotatable bonds is 5. The summed E-state index contributed by atoms with van der Waals surface area (Å²) in [7, 11) is 0. The molecule has 17 heavy (non-hydrogen) atoms. The van der Waals surface area contributed by atoms with Gasteiger partial charge in [0.05, 0.1) is 0 Å². The highest BCUT2D eigenvalue weighted by Gasteiger charge is 2.21. The quantitative estimate of drug-likeness (QED) is 0.844. The molecule has 1 aliphatic rings. The molecule has 1 N–H and O–H groups in total. The molecule has 1 saturated heterocycles. The summed E-state index contributed by atoms with van der Waals surface area (Å²) in [5.41, 5.74) is 1.34. The van der Waals surface area contributed by atoms with Crippen LogP contribution in [0.2, 0.25) is 0 Å². The number of aromatic hydroxyl groups is 1. The van der Waals surface area contributed by atoms with E-state index in [1.165, 1.54) is 44.3 Å². The molecule has 0 aliphatic carbocycles. The van der Waals surface area contributed by atoms with Crippen LogP contribution < -0.4 is 0 Å². The first-order valence-electron chi connectivity index (χ1n) is 6.81. The number of phenolic OH excluding ortho intramolecular Hbond substituents is 1. The second-order valence-electron chi connectivity index (χ2n) is 5.06. The van der Waals surface area contributed by atoms with Crippen molar-refractivity contribution in [3.8, 4) is 5.75 Å². The van der Waals surface area contributed by atoms with Crippen molar-refractivity contribution in [2.45, 2.75) is 45.1 Å². The smallest absolute Gasteiger partial charge is 0.115 e. The van der Waals surface area contributed by atoms with Crippen LogP contribution in [0, 0.1) is 0 Å². The molecule has 2 heteroatoms. The van der Waals surface area contributed by atoms with E-state index < -0.39 is 0 Å². The summed E-state index contributed by atoms with van der Waals surface area (Å²) in [6, 6.07) is 8.37. The highest BCUT2D eigenvalue weighted by atomic mass is 16.3. The second-order valence-corrected chi connectivity index (χ2v) is 5.06. The number of nitrogens with zero attached hydrogens (tertiary/aromatic N) is 1. The van der Waals surface area contributed by atoms with Crippen molar-refractivity contribution in [3.63, 3.8) is 0 Å². The molecule has 94 valence electrons. The standard InChI is InChI=1S/C15H23NO/c1-2-5-14(16-10-3-4-11-16)12-13-6-8-15(17)9-7-13/h6-9,14,17H,2-5,10-12H2,1H3. The number of phenols is 1. The van der Waals surface area contributed by atoms with E-state index >= 15 is 0 Å². The van der Waals surface area contributed by atoms with Gasteiger partial charge in [0.1, 0.15) is 5.75 Å². The molecule has 1 aliphatic heterocycles. The molecular weight excluding hydrogens is 210 g/mol. The molecule has 1 fully saturated rings. The Morgan fingerprint density at radius 3 is 2.41 bits per heavy atom. The second kappa shape index (κ2) is 6.06. The van der Waals surface area contributed by atoms with E-state index in [0.717, 1.165) is 6.42 Å². The number of hydrogen-bond donors (Lipinski definition) is 1. The average molecular weight is 233 g/mol. The van der Waals surface area contributed by atoms with Gasteiger partial charge in [-0.2, -0.15) is 0 Å². The van der Waals surface area contributed by atoms with Crippen LogP contribution >= 0.6 is 0 Å². The van der Waals surface area contributed by atoms with Crippen LogP contribution in [-0.2, 0) is 6.42 Å². The van der Waals surface area contributed by atoms with Gasteiger partial charge < -0.3 is 10.0 Å². The lowest BCUT2D eigenvalue weighted by Crippen LogP contribution is -2.34. The van der Waals surface area contributed by atoms with Crippen LogP contribution in [0.15, 0.2) is 24.3 Å². The van der Waals surface area contributed by atoms with E-state index in [1.807, 2.05) is 12.1 Å². The highest BCUT2D eigenvalue weighted by molar-refractivity contribution is 5.26. The summed E-state index contributed by atoms with van der Waals surface area (Å²) >= 11 is 0. The van der Waals surface area contributed by atoms with Gasteiger partial charge in [-0.05, 0) is 56.5 Å². The minimum absolute atomic E-state index is 0.363. The number of benzene rings is 1. The Labute approximate surface area is 104 Å². The summed E-state index contributed by atoms with van der Waals surface area (Å²) in [6.07, 6.45) is 6.36. The topological polar surface area (TPSA) is 23.5 Å². The van der Waals surface area contributed by atoms with Crippen molar-refractivity contribution >= 4 is 0 Å². The third-order valence-electron chi connectivity index (χ3n) is 3.69. The van der Waals surface area contributed by atoms with E-state index in [2.05, 4.69) is 11.8 Å². The fraction of sp³-hybridized carbons (Fsp3) is 0.600. The number of likely N-dealkylation sites (tertiary alicyclic amines) is 1. The van der Waals surface area contributed by atoms with Crippen LogP contribution in [0.25, 0.3) is 0 Å². The lowest BCUT2D eigenvalue weighted by Gasteiger charge is -2.27. The van der Waals surface area contributed by atoms with E-state index in [9.17, 15) is 5.11 Å². The van der Waals surface area contributed by atoms with E-state index in [1.54, 1.807) is 12.1 Å². The molecule has 0 aromatic heterocycles. The van der Waals surface area contributed by atoms with Crippen LogP contribution in [0.4, 0.5) is 0 Å². The first-order valence-corrected chi connectivity index (χ1v) is 6.81. The summed E-state index contributed by atoms with van der Waals surface area (Å²) in [5, 5.41) is 9.30. The molecule has 0 spiro atoms. The van der Waals surface area contributed by atoms with Crippen molar-refractivity contribution in [3.05, 3.63) is 29.8 Å². The van der Waals surface area contributed by atoms with Gasteiger partial charge >= 0.3 is 0 Å². The molecular formula is C15H23NO. The monoisotopic (exact) mass is 233 g/mol. The maximum absolute atomic E-state index is 9.30. The summed E-state index contributed by atoms with van der Waals surface area (Å²) in [4.78, 5) is 2.64. The zero-order valence-electron chi connectivity index (χ0n) is 10.7. The molecule has 0 saturated carbocycles. The summed E-state index contributed by atoms with van der Waals surface area (Å²) in [6.45, 7) is 4.80. The van der Waals surface area contributed by atoms with E-state index in [-0.39, 0.29) is 0 Å². The van der Waals surface area contributed by atoms with Crippen LogP contribution in [0.3, 0.4) is 0 Å². The molecule has 1 aromatic rings. The fourth-order valence-corrected chi connectivity index (χ4v) is 2.76. The minimum atomic E-state index is 0.363. The Bertz CT molecular complexity index is 327. The van der Waals surface area contributed by atoms with Gasteiger partial charge in [-0.15, -0.1) is 0 Å². The van der Waals surface area contributed by atoms with Crippen LogP contribution in [-0.4, -0.2) is 29.1 Å². The fourth-order valence-electron chi connectivity index (χ4n) is 2.76. The SMILES string of the molecule is CCCC(Cc1ccc(O)cc1)N1CCCC1. The first-order chi connectivity index (χ1) is 8.29. The van der Waals surface area contributed by atoms with Crippen LogP contribution in [0.5, 0.6) is 5.75 Å². The van der Waals surface area contributed by atoms with Crippen LogP contribution in [0.1, 0.15) is 38.2 Å². The molecule has 0 bridgehead atoms. The Hall–Kier alpha value is -1.02. The van der Waals surface area contributed by atoms with E-state index in [4.69, 9.17) is 0 Å². The zero-order valence-corrected chi connectivity index (χ0v) is 10.7. The maximum Gasteiger partial charge on any atom is 0.115 e. The van der Waals surface area contributed by atoms with Crippen molar-refractivity contribution in [2.75, 3.05) is 13.1 Å². The van der Waals surface area contributed by atoms with Crippen molar-refractivity contribution < 1.29 is 5.11 Å². The molecule has 0 radical (unpaired) electrons. The predicted molar refractivity (Wildman–Crippen MR) is 71.3 cm³/mol. The third-order valence-corrected chi connectivity index (χ3v) is 3.69. The Balaban J connectivity index is 1.98. The first kappa shape index (κ1) is 12.4. The average Bonchev–Trinajstić information content (AvgIpc) is 2.85. The highest BCUT2D eigenvalue weighted by Crippen LogP contribution is 2.20. The Morgan fingerprint density at radius 2 is 1.82 bits per heavy atom. The van der Waals surface area contributed by atoms with Crippen molar-refractivity contribution in [1.29, 1.82) is 0 Å². The molecule has 2 rings (SSSR count). The third kappa shape index (κ3) is 3.47. The molecule has 1 aromatic carbocycles. The largest absolute Gasteiger partial charge is 0.508 e. The zero-order chi connectivity index (χ0) is 12.1. The maximum atomic E-state index is 9.30. The van der Waals surface area contributed by atoms with Gasteiger partial charge in [0, 0.05) is 6.04 Å². The van der Waals surface area contributed by atoms with Gasteiger partial charge in [0.15, 0.2) is 0 Å². The van der Waals surface area contributed by atoms with Gasteiger partial charge in [0.25, 0.3) is 0 Å². The van der Waals surface area contributed by atoms with Crippen molar-refractivity contribution in [2.24, 2.45) is 0 Å². The Kier molecular flexibility index (Phi) is 4.43. The lowest BCUT2D eigenvalue weighted by atomic mass is 10.0. The van der Waals surface area contributed by atoms with Gasteiger partial charge in [-0.1, -0.05) is 25.5 Å². The predicted octanol–water partition coefficient (Wildman–Crippen LogP) is 3.20. The molecule has 1 unspecified atom stereocenters. The number of hydrogen-bond acceptors (Lipinski definition) is 2. The lowest BCUT2D eigenvalue weighted by molar-refractivity contribution is 0.227. The van der Waals surface area contributed by atoms with Gasteiger partial charge in [0.2, 0.25) is 0 Å². The van der Waals surface area contributed by atoms with E-state index in [0.29, 0.717) is 11.8 Å². The molecule has 2 nitrogen and oxygen atoms in total. The molecule has 1 atom stereocenters. The summed E-state index contributed by atoms with van der Waals surface area (Å²) < 4.78 is 0. The Morgan fingerprint density at radius 1 is 1.18 bits per heavy atom. The molecule has 0 amide bonds. The van der Waals surface area contributed by atoms with Crippen molar-refractivity contribution in [1.82, 2.24) is 4.90 Å². The minimum Gasteiger partial charge on any atom is -0.508 e. The normalized spacial score (nSPS) is 18.4. The van der Waals surface area contributed by atoms with Gasteiger partial charge in [-0.25, -0.2) is 0 Å². The molecule has 1 heterocycles. The van der Waals surface area contributed by atoms with Gasteiger partial charge in [-0.3, -0.25) is 0 Å². The summed E-state index contributed by atoms with van der Waals surface area (Å²) in [5.74, 6) is 0.363.